The van der Waals surface area contributed by atoms with Crippen LogP contribution in [0.5, 0.6) is 0 Å². The Morgan fingerprint density at radius 1 is 1.38 bits per heavy atom. The molecular formula is C15H17N3O3. The smallest absolute Gasteiger partial charge is 0.308 e. The van der Waals surface area contributed by atoms with Crippen molar-refractivity contribution < 1.29 is 14.3 Å². The zero-order chi connectivity index (χ0) is 15.2. The number of rotatable bonds is 6. The number of nitrogens with two attached hydrogens (primary N) is 1. The maximum Gasteiger partial charge on any atom is 0.308 e. The molecule has 1 aromatic carbocycles. The molecule has 2 aromatic rings. The summed E-state index contributed by atoms with van der Waals surface area (Å²) in [5.41, 5.74) is 7.37. The minimum absolute atomic E-state index is 0.123. The fourth-order valence-electron chi connectivity index (χ4n) is 1.85. The van der Waals surface area contributed by atoms with Gasteiger partial charge in [-0.2, -0.15) is 5.10 Å². The number of carbonyl (C=O) groups excluding carboxylic acids is 2. The topological polar surface area (TPSA) is 87.2 Å². The van der Waals surface area contributed by atoms with E-state index in [1.54, 1.807) is 35.1 Å². The van der Waals surface area contributed by atoms with Gasteiger partial charge in [-0.25, -0.2) is 0 Å². The third-order valence-corrected chi connectivity index (χ3v) is 2.92. The van der Waals surface area contributed by atoms with Gasteiger partial charge in [0.25, 0.3) is 0 Å². The molecule has 0 aliphatic rings. The molecule has 110 valence electrons. The summed E-state index contributed by atoms with van der Waals surface area (Å²) >= 11 is 0. The quantitative estimate of drug-likeness (QED) is 0.814. The van der Waals surface area contributed by atoms with E-state index in [1.807, 2.05) is 13.1 Å². The maximum atomic E-state index is 11.7. The van der Waals surface area contributed by atoms with Crippen LogP contribution in [0.25, 0.3) is 0 Å². The average molecular weight is 287 g/mol. The van der Waals surface area contributed by atoms with Gasteiger partial charge in [0.15, 0.2) is 0 Å². The largest absolute Gasteiger partial charge is 0.461 e. The van der Waals surface area contributed by atoms with Crippen LogP contribution >= 0.6 is 0 Å². The molecular weight excluding hydrogens is 270 g/mol. The van der Waals surface area contributed by atoms with E-state index in [0.29, 0.717) is 12.1 Å². The zero-order valence-electron chi connectivity index (χ0n) is 11.8. The second-order valence-corrected chi connectivity index (χ2v) is 4.76. The summed E-state index contributed by atoms with van der Waals surface area (Å²) in [5.74, 6) is -0.815. The molecule has 6 heteroatoms. The molecule has 0 unspecified atom stereocenters. The number of esters is 1. The number of aryl methyl sites for hydroxylation is 2. The Kier molecular flexibility index (Phi) is 4.71. The fraction of sp³-hybridized carbons (Fsp3) is 0.267. The van der Waals surface area contributed by atoms with Crippen molar-refractivity contribution in [1.29, 1.82) is 0 Å². The molecule has 0 saturated heterocycles. The summed E-state index contributed by atoms with van der Waals surface area (Å²) in [7, 11) is 0. The van der Waals surface area contributed by atoms with Crippen molar-refractivity contribution in [3.63, 3.8) is 0 Å². The van der Waals surface area contributed by atoms with Gasteiger partial charge in [-0.1, -0.05) is 12.1 Å². The number of aromatic nitrogens is 2. The van der Waals surface area contributed by atoms with Gasteiger partial charge in [0.1, 0.15) is 6.61 Å². The number of benzene rings is 1. The van der Waals surface area contributed by atoms with Gasteiger partial charge in [-0.05, 0) is 30.2 Å². The third-order valence-electron chi connectivity index (χ3n) is 2.92. The molecule has 0 radical (unpaired) electrons. The SMILES string of the molecule is Cc1cnn(CCC(=O)OCc2cccc(C(N)=O)c2)c1. The summed E-state index contributed by atoms with van der Waals surface area (Å²) in [6.45, 7) is 2.54. The lowest BCUT2D eigenvalue weighted by molar-refractivity contribution is -0.145. The molecule has 0 aliphatic carbocycles. The van der Waals surface area contributed by atoms with E-state index >= 15 is 0 Å². The Bertz CT molecular complexity index is 649. The third kappa shape index (κ3) is 4.45. The summed E-state index contributed by atoms with van der Waals surface area (Å²) in [6.07, 6.45) is 3.85. The minimum atomic E-state index is -0.503. The predicted octanol–water partition coefficient (Wildman–Crippen LogP) is 1.42. The number of amides is 1. The van der Waals surface area contributed by atoms with E-state index in [9.17, 15) is 9.59 Å². The maximum absolute atomic E-state index is 11.7. The van der Waals surface area contributed by atoms with Crippen LogP contribution in [0.1, 0.15) is 27.9 Å². The Hall–Kier alpha value is -2.63. The summed E-state index contributed by atoms with van der Waals surface area (Å²) in [6, 6.07) is 6.71. The van der Waals surface area contributed by atoms with Crippen molar-refractivity contribution in [2.45, 2.75) is 26.5 Å². The number of primary amides is 1. The van der Waals surface area contributed by atoms with Crippen LogP contribution in [0.4, 0.5) is 0 Å². The van der Waals surface area contributed by atoms with E-state index < -0.39 is 5.91 Å². The highest BCUT2D eigenvalue weighted by Crippen LogP contribution is 2.07. The molecule has 0 saturated carbocycles. The first kappa shape index (κ1) is 14.8. The summed E-state index contributed by atoms with van der Waals surface area (Å²) in [5, 5.41) is 4.09. The normalized spacial score (nSPS) is 10.3. The van der Waals surface area contributed by atoms with Gasteiger partial charge in [0, 0.05) is 11.8 Å². The summed E-state index contributed by atoms with van der Waals surface area (Å²) < 4.78 is 6.86. The minimum Gasteiger partial charge on any atom is -0.461 e. The number of hydrogen-bond donors (Lipinski definition) is 1. The highest BCUT2D eigenvalue weighted by atomic mass is 16.5. The van der Waals surface area contributed by atoms with Gasteiger partial charge < -0.3 is 10.5 Å². The van der Waals surface area contributed by atoms with Crippen LogP contribution in [0.3, 0.4) is 0 Å². The molecule has 0 bridgehead atoms. The molecule has 0 fully saturated rings. The van der Waals surface area contributed by atoms with E-state index in [0.717, 1.165) is 11.1 Å². The molecule has 0 aliphatic heterocycles. The van der Waals surface area contributed by atoms with Crippen LogP contribution < -0.4 is 5.73 Å². The fourth-order valence-corrected chi connectivity index (χ4v) is 1.85. The van der Waals surface area contributed by atoms with Crippen molar-refractivity contribution >= 4 is 11.9 Å². The molecule has 1 heterocycles. The lowest BCUT2D eigenvalue weighted by atomic mass is 10.1. The Balaban J connectivity index is 1.81. The molecule has 1 amide bonds. The first-order valence-electron chi connectivity index (χ1n) is 6.58. The molecule has 0 spiro atoms. The van der Waals surface area contributed by atoms with Crippen LogP contribution in [-0.4, -0.2) is 21.7 Å². The Morgan fingerprint density at radius 3 is 2.86 bits per heavy atom. The molecule has 2 N–H and O–H groups in total. The first-order chi connectivity index (χ1) is 10.0. The Labute approximate surface area is 122 Å². The monoisotopic (exact) mass is 287 g/mol. The average Bonchev–Trinajstić information content (AvgIpc) is 2.89. The second-order valence-electron chi connectivity index (χ2n) is 4.76. The predicted molar refractivity (Wildman–Crippen MR) is 76.3 cm³/mol. The number of ether oxygens (including phenoxy) is 1. The molecule has 2 rings (SSSR count). The molecule has 0 atom stereocenters. The van der Waals surface area contributed by atoms with E-state index in [-0.39, 0.29) is 19.0 Å². The first-order valence-corrected chi connectivity index (χ1v) is 6.58. The summed E-state index contributed by atoms with van der Waals surface area (Å²) in [4.78, 5) is 22.7. The highest BCUT2D eigenvalue weighted by Gasteiger charge is 2.06. The van der Waals surface area contributed by atoms with Crippen LogP contribution in [0, 0.1) is 6.92 Å². The van der Waals surface area contributed by atoms with Gasteiger partial charge in [0.05, 0.1) is 19.2 Å². The number of carbonyl (C=O) groups is 2. The molecule has 6 nitrogen and oxygen atoms in total. The molecule has 21 heavy (non-hydrogen) atoms. The standard InChI is InChI=1S/C15H17N3O3/c1-11-8-17-18(9-11)6-5-14(19)21-10-12-3-2-4-13(7-12)15(16)20/h2-4,7-9H,5-6,10H2,1H3,(H2,16,20). The van der Waals surface area contributed by atoms with Crippen LogP contribution in [-0.2, 0) is 22.7 Å². The lowest BCUT2D eigenvalue weighted by Crippen LogP contribution is -2.12. The van der Waals surface area contributed by atoms with Crippen molar-refractivity contribution in [2.75, 3.05) is 0 Å². The van der Waals surface area contributed by atoms with Crippen LogP contribution in [0.15, 0.2) is 36.7 Å². The number of hydrogen-bond acceptors (Lipinski definition) is 4. The van der Waals surface area contributed by atoms with Gasteiger partial charge >= 0.3 is 5.97 Å². The molecule has 1 aromatic heterocycles. The van der Waals surface area contributed by atoms with Gasteiger partial charge in [-0.15, -0.1) is 0 Å². The van der Waals surface area contributed by atoms with Crippen molar-refractivity contribution in [1.82, 2.24) is 9.78 Å². The second kappa shape index (κ2) is 6.69. The Morgan fingerprint density at radius 2 is 2.19 bits per heavy atom. The van der Waals surface area contributed by atoms with Crippen molar-refractivity contribution in [3.8, 4) is 0 Å². The lowest BCUT2D eigenvalue weighted by Gasteiger charge is -2.06. The van der Waals surface area contributed by atoms with Gasteiger partial charge in [0.2, 0.25) is 5.91 Å². The number of nitrogens with zero attached hydrogens (tertiary/aromatic N) is 2. The van der Waals surface area contributed by atoms with E-state index in [2.05, 4.69) is 5.10 Å². The highest BCUT2D eigenvalue weighted by molar-refractivity contribution is 5.92. The van der Waals surface area contributed by atoms with Crippen molar-refractivity contribution in [2.24, 2.45) is 5.73 Å². The van der Waals surface area contributed by atoms with Gasteiger partial charge in [-0.3, -0.25) is 14.3 Å². The van der Waals surface area contributed by atoms with E-state index in [4.69, 9.17) is 10.5 Å². The zero-order valence-corrected chi connectivity index (χ0v) is 11.8. The van der Waals surface area contributed by atoms with Crippen molar-refractivity contribution in [3.05, 3.63) is 53.3 Å². The van der Waals surface area contributed by atoms with E-state index in [1.165, 1.54) is 0 Å². The van der Waals surface area contributed by atoms with Crippen LogP contribution in [0.2, 0.25) is 0 Å².